The molecule has 4 heteroatoms. The normalized spacial score (nSPS) is 16.2. The third-order valence-corrected chi connectivity index (χ3v) is 4.45. The minimum Gasteiger partial charge on any atom is -0.396 e. The molecule has 3 nitrogen and oxygen atoms in total. The second kappa shape index (κ2) is 7.14. The van der Waals surface area contributed by atoms with E-state index in [1.54, 1.807) is 11.8 Å². The predicted molar refractivity (Wildman–Crippen MR) is 83.1 cm³/mol. The Balaban J connectivity index is 1.94. The number of carbonyl (C=O) groups excluding carboxylic acids is 1. The van der Waals surface area contributed by atoms with Crippen LogP contribution in [0.3, 0.4) is 0 Å². The number of thioether (sulfide) groups is 1. The van der Waals surface area contributed by atoms with Gasteiger partial charge in [0.25, 0.3) is 5.91 Å². The van der Waals surface area contributed by atoms with Crippen LogP contribution in [0, 0.1) is 5.92 Å². The lowest BCUT2D eigenvalue weighted by Crippen LogP contribution is -2.37. The molecular weight excluding hydrogens is 270 g/mol. The van der Waals surface area contributed by atoms with Crippen molar-refractivity contribution in [2.45, 2.75) is 49.3 Å². The summed E-state index contributed by atoms with van der Waals surface area (Å²) >= 11 is 1.79. The van der Waals surface area contributed by atoms with E-state index in [2.05, 4.69) is 19.2 Å². The molecule has 0 radical (unpaired) electrons. The Morgan fingerprint density at radius 2 is 2.00 bits per heavy atom. The van der Waals surface area contributed by atoms with Gasteiger partial charge in [-0.2, -0.15) is 0 Å². The van der Waals surface area contributed by atoms with Crippen molar-refractivity contribution in [3.8, 4) is 0 Å². The van der Waals surface area contributed by atoms with E-state index < -0.39 is 0 Å². The third-order valence-electron chi connectivity index (χ3n) is 3.44. The average molecular weight is 293 g/mol. The predicted octanol–water partition coefficient (Wildman–Crippen LogP) is 3.08. The van der Waals surface area contributed by atoms with Crippen LogP contribution in [0.1, 0.15) is 43.5 Å². The molecule has 1 atom stereocenters. The summed E-state index contributed by atoms with van der Waals surface area (Å²) in [5.41, 5.74) is 0.696. The van der Waals surface area contributed by atoms with Crippen molar-refractivity contribution in [1.82, 2.24) is 5.32 Å². The van der Waals surface area contributed by atoms with E-state index >= 15 is 0 Å². The summed E-state index contributed by atoms with van der Waals surface area (Å²) < 4.78 is 0. The number of nitrogens with one attached hydrogen (secondary N) is 1. The first-order chi connectivity index (χ1) is 9.60. The van der Waals surface area contributed by atoms with Gasteiger partial charge in [0.1, 0.15) is 0 Å². The van der Waals surface area contributed by atoms with Crippen LogP contribution in [0.2, 0.25) is 0 Å². The van der Waals surface area contributed by atoms with Crippen LogP contribution in [-0.4, -0.2) is 28.9 Å². The zero-order valence-corrected chi connectivity index (χ0v) is 13.0. The number of hydrogen-bond acceptors (Lipinski definition) is 3. The maximum absolute atomic E-state index is 12.2. The number of aliphatic hydroxyl groups excluding tert-OH is 1. The van der Waals surface area contributed by atoms with Gasteiger partial charge in [-0.25, -0.2) is 0 Å². The molecule has 0 saturated heterocycles. The van der Waals surface area contributed by atoms with Crippen LogP contribution >= 0.6 is 11.8 Å². The van der Waals surface area contributed by atoms with Gasteiger partial charge in [-0.3, -0.25) is 4.79 Å². The number of benzene rings is 1. The van der Waals surface area contributed by atoms with Gasteiger partial charge in [-0.15, -0.1) is 11.8 Å². The van der Waals surface area contributed by atoms with Crippen molar-refractivity contribution in [2.24, 2.45) is 5.92 Å². The standard InChI is InChI=1S/C16H23NO2S/c1-11(2)20-14-7-5-13(6-8-14)16(19)17-15(9-10-18)12-3-4-12/h5-8,11-12,15,18H,3-4,9-10H2,1-2H3,(H,17,19). The Labute approximate surface area is 125 Å². The van der Waals surface area contributed by atoms with Gasteiger partial charge in [0.15, 0.2) is 0 Å². The Hall–Kier alpha value is -1.00. The fourth-order valence-corrected chi connectivity index (χ4v) is 3.11. The van der Waals surface area contributed by atoms with Crippen molar-refractivity contribution in [2.75, 3.05) is 6.61 Å². The summed E-state index contributed by atoms with van der Waals surface area (Å²) in [6, 6.07) is 7.87. The van der Waals surface area contributed by atoms with Gasteiger partial charge in [-0.05, 0) is 49.4 Å². The third kappa shape index (κ3) is 4.53. The minimum absolute atomic E-state index is 0.0311. The summed E-state index contributed by atoms with van der Waals surface area (Å²) in [5, 5.41) is 12.7. The molecule has 0 heterocycles. The molecule has 1 fully saturated rings. The van der Waals surface area contributed by atoms with Crippen molar-refractivity contribution < 1.29 is 9.90 Å². The van der Waals surface area contributed by atoms with Gasteiger partial charge in [0, 0.05) is 28.4 Å². The van der Waals surface area contributed by atoms with Gasteiger partial charge >= 0.3 is 0 Å². The fourth-order valence-electron chi connectivity index (χ4n) is 2.27. The quantitative estimate of drug-likeness (QED) is 0.760. The smallest absolute Gasteiger partial charge is 0.251 e. The highest BCUT2D eigenvalue weighted by Gasteiger charge is 2.31. The highest BCUT2D eigenvalue weighted by molar-refractivity contribution is 7.99. The first-order valence-electron chi connectivity index (χ1n) is 7.28. The lowest BCUT2D eigenvalue weighted by molar-refractivity contribution is 0.0924. The molecule has 20 heavy (non-hydrogen) atoms. The first-order valence-corrected chi connectivity index (χ1v) is 8.16. The molecule has 1 saturated carbocycles. The number of amides is 1. The molecule has 110 valence electrons. The second-order valence-corrected chi connectivity index (χ2v) is 7.27. The summed E-state index contributed by atoms with van der Waals surface area (Å²) in [6.45, 7) is 4.44. The minimum atomic E-state index is -0.0311. The van der Waals surface area contributed by atoms with Crippen molar-refractivity contribution in [3.05, 3.63) is 29.8 Å². The van der Waals surface area contributed by atoms with Crippen LogP contribution in [0.5, 0.6) is 0 Å². The Bertz CT molecular complexity index is 440. The van der Waals surface area contributed by atoms with Crippen LogP contribution in [0.15, 0.2) is 29.2 Å². The maximum atomic E-state index is 12.2. The molecule has 1 aromatic rings. The molecule has 1 amide bonds. The largest absolute Gasteiger partial charge is 0.396 e. The van der Waals surface area contributed by atoms with Crippen molar-refractivity contribution in [3.63, 3.8) is 0 Å². The van der Waals surface area contributed by atoms with Crippen molar-refractivity contribution in [1.29, 1.82) is 0 Å². The molecule has 0 bridgehead atoms. The van der Waals surface area contributed by atoms with E-state index in [1.807, 2.05) is 24.3 Å². The lowest BCUT2D eigenvalue weighted by atomic mass is 10.1. The fraction of sp³-hybridized carbons (Fsp3) is 0.562. The topological polar surface area (TPSA) is 49.3 Å². The van der Waals surface area contributed by atoms with Crippen molar-refractivity contribution >= 4 is 17.7 Å². The molecule has 1 unspecified atom stereocenters. The molecule has 0 spiro atoms. The molecule has 0 aromatic heterocycles. The van der Waals surface area contributed by atoms with Gasteiger partial charge < -0.3 is 10.4 Å². The number of rotatable bonds is 7. The Kier molecular flexibility index (Phi) is 5.49. The Morgan fingerprint density at radius 1 is 1.35 bits per heavy atom. The summed E-state index contributed by atoms with van der Waals surface area (Å²) in [6.07, 6.45) is 2.97. The number of aliphatic hydroxyl groups is 1. The van der Waals surface area contributed by atoms with E-state index in [0.717, 1.165) is 12.8 Å². The zero-order valence-electron chi connectivity index (χ0n) is 12.1. The lowest BCUT2D eigenvalue weighted by Gasteiger charge is -2.17. The van der Waals surface area contributed by atoms with Crippen LogP contribution in [-0.2, 0) is 0 Å². The average Bonchev–Trinajstić information content (AvgIpc) is 3.22. The van der Waals surface area contributed by atoms with Crippen LogP contribution in [0.25, 0.3) is 0 Å². The number of carbonyl (C=O) groups is 1. The summed E-state index contributed by atoms with van der Waals surface area (Å²) in [5.74, 6) is 0.526. The first kappa shape index (κ1) is 15.4. The van der Waals surface area contributed by atoms with E-state index in [4.69, 9.17) is 5.11 Å². The summed E-state index contributed by atoms with van der Waals surface area (Å²) in [7, 11) is 0. The molecular formula is C16H23NO2S. The van der Waals surface area contributed by atoms with E-state index in [-0.39, 0.29) is 18.6 Å². The summed E-state index contributed by atoms with van der Waals surface area (Å²) in [4.78, 5) is 13.4. The number of hydrogen-bond donors (Lipinski definition) is 2. The van der Waals surface area contributed by atoms with E-state index in [0.29, 0.717) is 23.2 Å². The van der Waals surface area contributed by atoms with Gasteiger partial charge in [0.2, 0.25) is 0 Å². The molecule has 1 aliphatic rings. The SMILES string of the molecule is CC(C)Sc1ccc(C(=O)NC(CCO)C2CC2)cc1. The molecule has 1 aliphatic carbocycles. The molecule has 2 rings (SSSR count). The molecule has 1 aromatic carbocycles. The van der Waals surface area contributed by atoms with E-state index in [1.165, 1.54) is 4.90 Å². The zero-order chi connectivity index (χ0) is 14.5. The van der Waals surface area contributed by atoms with Gasteiger partial charge in [0.05, 0.1) is 0 Å². The van der Waals surface area contributed by atoms with Gasteiger partial charge in [-0.1, -0.05) is 13.8 Å². The second-order valence-electron chi connectivity index (χ2n) is 5.62. The highest BCUT2D eigenvalue weighted by atomic mass is 32.2. The Morgan fingerprint density at radius 3 is 2.50 bits per heavy atom. The molecule has 0 aliphatic heterocycles. The highest BCUT2D eigenvalue weighted by Crippen LogP contribution is 2.34. The van der Waals surface area contributed by atoms with Crippen LogP contribution in [0.4, 0.5) is 0 Å². The van der Waals surface area contributed by atoms with Crippen LogP contribution < -0.4 is 5.32 Å². The molecule has 2 N–H and O–H groups in total. The monoisotopic (exact) mass is 293 g/mol. The maximum Gasteiger partial charge on any atom is 0.251 e. The van der Waals surface area contributed by atoms with E-state index in [9.17, 15) is 4.79 Å².